The molecule has 1 aromatic heterocycles. The molecule has 2 aromatic rings. The molecule has 2 rings (SSSR count). The van der Waals surface area contributed by atoms with Crippen molar-refractivity contribution >= 4 is 11.6 Å². The first-order valence-electron chi connectivity index (χ1n) is 5.94. The maximum Gasteiger partial charge on any atom is 0.271 e. The molecule has 1 amide bonds. The first-order chi connectivity index (χ1) is 9.06. The lowest BCUT2D eigenvalue weighted by Crippen LogP contribution is -2.30. The Balaban J connectivity index is 2.10. The molecular formula is C13H16N4O2. The van der Waals surface area contributed by atoms with Crippen LogP contribution in [0.5, 0.6) is 0 Å². The van der Waals surface area contributed by atoms with Gasteiger partial charge in [-0.2, -0.15) is 5.10 Å². The van der Waals surface area contributed by atoms with Gasteiger partial charge in [0.15, 0.2) is 5.69 Å². The number of hydrogen-bond acceptors (Lipinski definition) is 4. The normalized spacial score (nSPS) is 12.1. The molecule has 0 fully saturated rings. The summed E-state index contributed by atoms with van der Waals surface area (Å²) in [5.74, 6) is -0.310. The van der Waals surface area contributed by atoms with E-state index in [1.807, 2.05) is 12.1 Å². The summed E-state index contributed by atoms with van der Waals surface area (Å²) < 4.78 is 1.59. The number of anilines is 1. The van der Waals surface area contributed by atoms with Gasteiger partial charge in [-0.25, -0.2) is 4.68 Å². The summed E-state index contributed by atoms with van der Waals surface area (Å²) in [5, 5.41) is 15.9. The van der Waals surface area contributed by atoms with E-state index in [-0.39, 0.29) is 12.5 Å². The number of aliphatic hydroxyl groups excluding tert-OH is 1. The zero-order valence-corrected chi connectivity index (χ0v) is 10.6. The van der Waals surface area contributed by atoms with Gasteiger partial charge in [-0.1, -0.05) is 0 Å². The molecule has 0 saturated heterocycles. The molecule has 6 heteroatoms. The van der Waals surface area contributed by atoms with Gasteiger partial charge >= 0.3 is 0 Å². The number of benzene rings is 1. The van der Waals surface area contributed by atoms with Crippen LogP contribution in [0.2, 0.25) is 0 Å². The third-order valence-electron chi connectivity index (χ3n) is 2.54. The largest absolute Gasteiger partial charge is 0.399 e. The number of aromatic nitrogens is 2. The number of aliphatic hydroxyl groups is 1. The van der Waals surface area contributed by atoms with Crippen LogP contribution in [-0.2, 0) is 0 Å². The van der Waals surface area contributed by atoms with Crippen LogP contribution in [0, 0.1) is 0 Å². The third kappa shape index (κ3) is 3.32. The van der Waals surface area contributed by atoms with E-state index in [2.05, 4.69) is 10.4 Å². The van der Waals surface area contributed by atoms with Crippen LogP contribution in [-0.4, -0.2) is 33.4 Å². The summed E-state index contributed by atoms with van der Waals surface area (Å²) in [7, 11) is 0. The summed E-state index contributed by atoms with van der Waals surface area (Å²) in [6.45, 7) is 1.81. The average molecular weight is 260 g/mol. The maximum absolute atomic E-state index is 11.7. The summed E-state index contributed by atoms with van der Waals surface area (Å²) in [6.07, 6.45) is 1.12. The molecule has 19 heavy (non-hydrogen) atoms. The fourth-order valence-electron chi connectivity index (χ4n) is 1.55. The summed E-state index contributed by atoms with van der Waals surface area (Å²) in [6, 6.07) is 8.79. The zero-order chi connectivity index (χ0) is 13.8. The number of nitrogens with zero attached hydrogens (tertiary/aromatic N) is 2. The molecule has 100 valence electrons. The van der Waals surface area contributed by atoms with Crippen molar-refractivity contribution in [1.82, 2.24) is 15.1 Å². The fraction of sp³-hybridized carbons (Fsp3) is 0.231. The second kappa shape index (κ2) is 5.53. The smallest absolute Gasteiger partial charge is 0.271 e. The van der Waals surface area contributed by atoms with Gasteiger partial charge in [0.2, 0.25) is 0 Å². The van der Waals surface area contributed by atoms with Crippen molar-refractivity contribution in [3.63, 3.8) is 0 Å². The minimum atomic E-state index is -0.580. The Labute approximate surface area is 110 Å². The summed E-state index contributed by atoms with van der Waals surface area (Å²) in [5.41, 5.74) is 7.41. The number of rotatable bonds is 4. The maximum atomic E-state index is 11.7. The Morgan fingerprint density at radius 1 is 1.42 bits per heavy atom. The third-order valence-corrected chi connectivity index (χ3v) is 2.54. The van der Waals surface area contributed by atoms with Crippen molar-refractivity contribution in [1.29, 1.82) is 0 Å². The van der Waals surface area contributed by atoms with Crippen LogP contribution in [0.4, 0.5) is 5.69 Å². The van der Waals surface area contributed by atoms with Crippen LogP contribution >= 0.6 is 0 Å². The molecule has 1 unspecified atom stereocenters. The lowest BCUT2D eigenvalue weighted by Gasteiger charge is -2.05. The van der Waals surface area contributed by atoms with Crippen LogP contribution in [0.15, 0.2) is 36.5 Å². The molecule has 0 aliphatic heterocycles. The molecule has 4 N–H and O–H groups in total. The van der Waals surface area contributed by atoms with Gasteiger partial charge in [-0.05, 0) is 37.3 Å². The van der Waals surface area contributed by atoms with Crippen LogP contribution < -0.4 is 11.1 Å². The Hall–Kier alpha value is -2.34. The van der Waals surface area contributed by atoms with Gasteiger partial charge < -0.3 is 16.2 Å². The van der Waals surface area contributed by atoms with Crippen molar-refractivity contribution < 1.29 is 9.90 Å². The van der Waals surface area contributed by atoms with E-state index >= 15 is 0 Å². The van der Waals surface area contributed by atoms with Gasteiger partial charge in [-0.15, -0.1) is 0 Å². The summed E-state index contributed by atoms with van der Waals surface area (Å²) in [4.78, 5) is 11.7. The van der Waals surface area contributed by atoms with Crippen LogP contribution in [0.25, 0.3) is 5.69 Å². The number of nitrogen functional groups attached to an aromatic ring is 1. The Morgan fingerprint density at radius 3 is 2.74 bits per heavy atom. The molecule has 1 heterocycles. The first kappa shape index (κ1) is 13.1. The Morgan fingerprint density at radius 2 is 2.11 bits per heavy atom. The molecule has 0 radical (unpaired) electrons. The van der Waals surface area contributed by atoms with E-state index in [1.54, 1.807) is 36.0 Å². The lowest BCUT2D eigenvalue weighted by atomic mass is 10.3. The van der Waals surface area contributed by atoms with Gasteiger partial charge in [0.1, 0.15) is 0 Å². The lowest BCUT2D eigenvalue weighted by molar-refractivity contribution is 0.0918. The van der Waals surface area contributed by atoms with E-state index in [0.29, 0.717) is 11.4 Å². The quantitative estimate of drug-likeness (QED) is 0.700. The van der Waals surface area contributed by atoms with Crippen molar-refractivity contribution in [3.05, 3.63) is 42.2 Å². The molecule has 1 atom stereocenters. The van der Waals surface area contributed by atoms with Crippen molar-refractivity contribution in [2.75, 3.05) is 12.3 Å². The minimum absolute atomic E-state index is 0.202. The highest BCUT2D eigenvalue weighted by molar-refractivity contribution is 5.92. The highest BCUT2D eigenvalue weighted by Gasteiger charge is 2.10. The van der Waals surface area contributed by atoms with E-state index in [9.17, 15) is 4.79 Å². The highest BCUT2D eigenvalue weighted by atomic mass is 16.3. The molecule has 0 saturated carbocycles. The van der Waals surface area contributed by atoms with Crippen molar-refractivity contribution in [2.24, 2.45) is 0 Å². The van der Waals surface area contributed by atoms with Gasteiger partial charge in [0.05, 0.1) is 11.8 Å². The standard InChI is InChI=1S/C13H16N4O2/c1-9(18)8-15-13(19)12-6-7-17(16-12)11-4-2-10(14)3-5-11/h2-7,9,18H,8,14H2,1H3,(H,15,19). The first-order valence-corrected chi connectivity index (χ1v) is 5.94. The fourth-order valence-corrected chi connectivity index (χ4v) is 1.55. The number of nitrogens with one attached hydrogen (secondary N) is 1. The number of hydrogen-bond donors (Lipinski definition) is 3. The molecule has 0 spiro atoms. The van der Waals surface area contributed by atoms with Crippen LogP contribution in [0.3, 0.4) is 0 Å². The molecular weight excluding hydrogens is 244 g/mol. The molecule has 1 aromatic carbocycles. The zero-order valence-electron chi connectivity index (χ0n) is 10.6. The average Bonchev–Trinajstić information content (AvgIpc) is 2.86. The van der Waals surface area contributed by atoms with E-state index in [4.69, 9.17) is 10.8 Å². The molecule has 0 aliphatic carbocycles. The monoisotopic (exact) mass is 260 g/mol. The van der Waals surface area contributed by atoms with E-state index in [0.717, 1.165) is 5.69 Å². The minimum Gasteiger partial charge on any atom is -0.399 e. The molecule has 6 nitrogen and oxygen atoms in total. The highest BCUT2D eigenvalue weighted by Crippen LogP contribution is 2.10. The van der Waals surface area contributed by atoms with E-state index in [1.165, 1.54) is 0 Å². The van der Waals surface area contributed by atoms with Gasteiger partial charge in [0.25, 0.3) is 5.91 Å². The van der Waals surface area contributed by atoms with E-state index < -0.39 is 6.10 Å². The molecule has 0 bridgehead atoms. The summed E-state index contributed by atoms with van der Waals surface area (Å²) >= 11 is 0. The second-order valence-corrected chi connectivity index (χ2v) is 4.30. The SMILES string of the molecule is CC(O)CNC(=O)c1ccn(-c2ccc(N)cc2)n1. The Kier molecular flexibility index (Phi) is 3.82. The predicted molar refractivity (Wildman–Crippen MR) is 72.0 cm³/mol. The Bertz CT molecular complexity index is 560. The van der Waals surface area contributed by atoms with Gasteiger partial charge in [0, 0.05) is 18.4 Å². The van der Waals surface area contributed by atoms with Crippen molar-refractivity contribution in [3.8, 4) is 5.69 Å². The number of carbonyl (C=O) groups excluding carboxylic acids is 1. The topological polar surface area (TPSA) is 93.2 Å². The second-order valence-electron chi connectivity index (χ2n) is 4.30. The predicted octanol–water partition coefficient (Wildman–Crippen LogP) is 0.565. The van der Waals surface area contributed by atoms with Gasteiger partial charge in [-0.3, -0.25) is 4.79 Å². The molecule has 0 aliphatic rings. The number of carbonyl (C=O) groups is 1. The number of amides is 1. The van der Waals surface area contributed by atoms with Crippen molar-refractivity contribution in [2.45, 2.75) is 13.0 Å². The number of nitrogens with two attached hydrogens (primary N) is 1. The van der Waals surface area contributed by atoms with Crippen LogP contribution in [0.1, 0.15) is 17.4 Å².